The molecule has 1 aromatic carbocycles. The summed E-state index contributed by atoms with van der Waals surface area (Å²) in [6, 6.07) is 8.91. The van der Waals surface area contributed by atoms with E-state index in [0.29, 0.717) is 17.9 Å². The van der Waals surface area contributed by atoms with Crippen LogP contribution in [-0.2, 0) is 4.74 Å². The monoisotopic (exact) mass is 328 g/mol. The van der Waals surface area contributed by atoms with Crippen LogP contribution in [0.25, 0.3) is 0 Å². The molecule has 126 valence electrons. The normalized spacial score (nSPS) is 15.0. The maximum absolute atomic E-state index is 12.1. The molecule has 2 heterocycles. The fraction of sp³-hybridized carbons (Fsp3) is 0.353. The van der Waals surface area contributed by atoms with E-state index < -0.39 is 0 Å². The van der Waals surface area contributed by atoms with Crippen molar-refractivity contribution < 1.29 is 14.3 Å². The summed E-state index contributed by atoms with van der Waals surface area (Å²) in [7, 11) is 0. The maximum atomic E-state index is 12.1. The van der Waals surface area contributed by atoms with Crippen molar-refractivity contribution in [3.05, 3.63) is 48.3 Å². The molecule has 1 amide bonds. The quantitative estimate of drug-likeness (QED) is 0.862. The third-order valence-corrected chi connectivity index (χ3v) is 3.69. The largest absolute Gasteiger partial charge is 0.424 e. The Morgan fingerprint density at radius 1 is 1.17 bits per heavy atom. The number of carbonyl (C=O) groups excluding carboxylic acids is 1. The Labute approximate surface area is 140 Å². The van der Waals surface area contributed by atoms with Crippen LogP contribution in [-0.4, -0.2) is 60.2 Å². The first-order valence-corrected chi connectivity index (χ1v) is 7.94. The van der Waals surface area contributed by atoms with Crippen LogP contribution in [0, 0.1) is 0 Å². The van der Waals surface area contributed by atoms with E-state index in [1.807, 2.05) is 0 Å². The third kappa shape index (κ3) is 4.74. The molecule has 1 saturated heterocycles. The van der Waals surface area contributed by atoms with Gasteiger partial charge in [-0.15, -0.1) is 0 Å². The Bertz CT molecular complexity index is 643. The smallest absolute Gasteiger partial charge is 0.321 e. The van der Waals surface area contributed by atoms with Gasteiger partial charge in [0.2, 0.25) is 0 Å². The summed E-state index contributed by atoms with van der Waals surface area (Å²) in [5, 5.41) is 2.93. The Kier molecular flexibility index (Phi) is 5.70. The Morgan fingerprint density at radius 2 is 1.88 bits per heavy atom. The summed E-state index contributed by atoms with van der Waals surface area (Å²) >= 11 is 0. The topological polar surface area (TPSA) is 76.6 Å². The minimum absolute atomic E-state index is 0.0919. The van der Waals surface area contributed by atoms with Crippen molar-refractivity contribution in [2.24, 2.45) is 0 Å². The molecule has 1 aliphatic heterocycles. The van der Waals surface area contributed by atoms with Gasteiger partial charge in [0, 0.05) is 44.1 Å². The number of amides is 1. The number of rotatable bonds is 6. The highest BCUT2D eigenvalue weighted by molar-refractivity contribution is 5.94. The van der Waals surface area contributed by atoms with Gasteiger partial charge in [0.1, 0.15) is 5.75 Å². The molecule has 3 rings (SSSR count). The highest BCUT2D eigenvalue weighted by atomic mass is 16.5. The molecule has 0 saturated carbocycles. The lowest BCUT2D eigenvalue weighted by molar-refractivity contribution is 0.0383. The number of aromatic nitrogens is 2. The zero-order chi connectivity index (χ0) is 16.6. The Balaban J connectivity index is 1.46. The van der Waals surface area contributed by atoms with Crippen LogP contribution < -0.4 is 10.1 Å². The van der Waals surface area contributed by atoms with Gasteiger partial charge < -0.3 is 14.8 Å². The summed E-state index contributed by atoms with van der Waals surface area (Å²) in [5.74, 6) is 0.497. The van der Waals surface area contributed by atoms with Crippen LogP contribution in [0.15, 0.2) is 42.7 Å². The molecule has 1 aromatic heterocycles. The average molecular weight is 328 g/mol. The van der Waals surface area contributed by atoms with E-state index in [-0.39, 0.29) is 11.9 Å². The van der Waals surface area contributed by atoms with E-state index in [4.69, 9.17) is 9.47 Å². The van der Waals surface area contributed by atoms with Crippen molar-refractivity contribution in [1.82, 2.24) is 20.2 Å². The second-order valence-corrected chi connectivity index (χ2v) is 5.37. The van der Waals surface area contributed by atoms with Gasteiger partial charge in [-0.2, -0.15) is 0 Å². The minimum atomic E-state index is -0.0919. The van der Waals surface area contributed by atoms with E-state index in [1.165, 1.54) is 0 Å². The van der Waals surface area contributed by atoms with E-state index in [0.717, 1.165) is 32.8 Å². The van der Waals surface area contributed by atoms with Crippen LogP contribution in [0.1, 0.15) is 10.4 Å². The van der Waals surface area contributed by atoms with Crippen LogP contribution in [0.4, 0.5) is 0 Å². The van der Waals surface area contributed by atoms with Crippen LogP contribution in [0.2, 0.25) is 0 Å². The van der Waals surface area contributed by atoms with Gasteiger partial charge in [0.25, 0.3) is 5.91 Å². The standard InChI is InChI=1S/C17H20N4O3/c22-16(18-8-9-21-10-12-23-13-11-21)14-2-4-15(5-3-14)24-17-19-6-1-7-20-17/h1-7H,8-13H2,(H,18,22). The summed E-state index contributed by atoms with van der Waals surface area (Å²) in [6.45, 7) is 4.82. The summed E-state index contributed by atoms with van der Waals surface area (Å²) < 4.78 is 10.8. The maximum Gasteiger partial charge on any atom is 0.321 e. The van der Waals surface area contributed by atoms with Gasteiger partial charge in [0.05, 0.1) is 13.2 Å². The van der Waals surface area contributed by atoms with Gasteiger partial charge in [-0.3, -0.25) is 9.69 Å². The van der Waals surface area contributed by atoms with Crippen molar-refractivity contribution >= 4 is 5.91 Å². The fourth-order valence-corrected chi connectivity index (χ4v) is 2.37. The molecular formula is C17H20N4O3. The van der Waals surface area contributed by atoms with E-state index in [9.17, 15) is 4.79 Å². The molecule has 0 unspecified atom stereocenters. The summed E-state index contributed by atoms with van der Waals surface area (Å²) in [5.41, 5.74) is 0.596. The molecule has 7 heteroatoms. The molecule has 1 fully saturated rings. The van der Waals surface area contributed by atoms with Crippen molar-refractivity contribution in [1.29, 1.82) is 0 Å². The second-order valence-electron chi connectivity index (χ2n) is 5.37. The number of carbonyl (C=O) groups is 1. The number of nitrogens with zero attached hydrogens (tertiary/aromatic N) is 3. The molecule has 0 spiro atoms. The number of nitrogens with one attached hydrogen (secondary N) is 1. The van der Waals surface area contributed by atoms with Crippen molar-refractivity contribution in [3.63, 3.8) is 0 Å². The number of hydrogen-bond donors (Lipinski definition) is 1. The zero-order valence-corrected chi connectivity index (χ0v) is 13.4. The predicted molar refractivity (Wildman–Crippen MR) is 88.1 cm³/mol. The van der Waals surface area contributed by atoms with Crippen molar-refractivity contribution in [3.8, 4) is 11.8 Å². The van der Waals surface area contributed by atoms with E-state index >= 15 is 0 Å². The molecule has 0 atom stereocenters. The Morgan fingerprint density at radius 3 is 2.58 bits per heavy atom. The van der Waals surface area contributed by atoms with Crippen LogP contribution >= 0.6 is 0 Å². The predicted octanol–water partition coefficient (Wildman–Crippen LogP) is 1.33. The molecule has 0 aliphatic carbocycles. The number of ether oxygens (including phenoxy) is 2. The number of benzene rings is 1. The number of hydrogen-bond acceptors (Lipinski definition) is 6. The third-order valence-electron chi connectivity index (χ3n) is 3.69. The summed E-state index contributed by atoms with van der Waals surface area (Å²) in [4.78, 5) is 22.4. The molecule has 1 aliphatic rings. The van der Waals surface area contributed by atoms with Gasteiger partial charge in [-0.1, -0.05) is 0 Å². The lowest BCUT2D eigenvalue weighted by Gasteiger charge is -2.26. The molecule has 0 radical (unpaired) electrons. The van der Waals surface area contributed by atoms with Crippen LogP contribution in [0.5, 0.6) is 11.8 Å². The fourth-order valence-electron chi connectivity index (χ4n) is 2.37. The highest BCUT2D eigenvalue weighted by Gasteiger charge is 2.11. The van der Waals surface area contributed by atoms with Gasteiger partial charge in [-0.05, 0) is 30.3 Å². The highest BCUT2D eigenvalue weighted by Crippen LogP contribution is 2.17. The first-order valence-electron chi connectivity index (χ1n) is 7.94. The first kappa shape index (κ1) is 16.4. The second kappa shape index (κ2) is 8.37. The molecule has 24 heavy (non-hydrogen) atoms. The average Bonchev–Trinajstić information content (AvgIpc) is 2.64. The lowest BCUT2D eigenvalue weighted by atomic mass is 10.2. The van der Waals surface area contributed by atoms with Gasteiger partial charge >= 0.3 is 6.01 Å². The molecule has 2 aromatic rings. The number of morpholine rings is 1. The first-order chi connectivity index (χ1) is 11.8. The van der Waals surface area contributed by atoms with Crippen molar-refractivity contribution in [2.75, 3.05) is 39.4 Å². The molecule has 7 nitrogen and oxygen atoms in total. The SMILES string of the molecule is O=C(NCCN1CCOCC1)c1ccc(Oc2ncccn2)cc1. The Hall–Kier alpha value is -2.51. The van der Waals surface area contributed by atoms with E-state index in [2.05, 4.69) is 20.2 Å². The molecule has 1 N–H and O–H groups in total. The van der Waals surface area contributed by atoms with Gasteiger partial charge in [0.15, 0.2) is 0 Å². The minimum Gasteiger partial charge on any atom is -0.424 e. The van der Waals surface area contributed by atoms with Crippen molar-refractivity contribution in [2.45, 2.75) is 0 Å². The van der Waals surface area contributed by atoms with Gasteiger partial charge in [-0.25, -0.2) is 9.97 Å². The zero-order valence-electron chi connectivity index (χ0n) is 13.4. The lowest BCUT2D eigenvalue weighted by Crippen LogP contribution is -2.41. The van der Waals surface area contributed by atoms with Crippen LogP contribution in [0.3, 0.4) is 0 Å². The molecule has 0 bridgehead atoms. The molecular weight excluding hydrogens is 308 g/mol. The van der Waals surface area contributed by atoms with E-state index in [1.54, 1.807) is 42.7 Å². The summed E-state index contributed by atoms with van der Waals surface area (Å²) in [6.07, 6.45) is 3.22.